The number of unbranched alkanes of at least 4 members (excludes halogenated alkanes) is 13. The van der Waals surface area contributed by atoms with E-state index in [1.165, 1.54) is 90.6 Å². The first kappa shape index (κ1) is 26.3. The van der Waals surface area contributed by atoms with Crippen molar-refractivity contribution in [1.29, 1.82) is 0 Å². The summed E-state index contributed by atoms with van der Waals surface area (Å²) in [6.45, 7) is 4.79. The maximum atomic E-state index is 11.5. The molecule has 0 aliphatic heterocycles. The first-order chi connectivity index (χ1) is 14.7. The van der Waals surface area contributed by atoms with Gasteiger partial charge in [0.15, 0.2) is 0 Å². The average Bonchev–Trinajstić information content (AvgIpc) is 2.76. The van der Waals surface area contributed by atoms with Crippen LogP contribution in [0.15, 0.2) is 29.8 Å². The van der Waals surface area contributed by atoms with E-state index in [-0.39, 0.29) is 5.97 Å². The van der Waals surface area contributed by atoms with Crippen LogP contribution in [0.25, 0.3) is 6.08 Å². The van der Waals surface area contributed by atoms with Gasteiger partial charge in [-0.15, -0.1) is 0 Å². The van der Waals surface area contributed by atoms with Gasteiger partial charge in [0.05, 0.1) is 13.7 Å². The molecule has 0 aliphatic carbocycles. The molecular formula is C27H44O3. The van der Waals surface area contributed by atoms with Gasteiger partial charge >= 0.3 is 5.97 Å². The predicted molar refractivity (Wildman–Crippen MR) is 128 cm³/mol. The molecule has 3 nitrogen and oxygen atoms in total. The lowest BCUT2D eigenvalue weighted by molar-refractivity contribution is -0.135. The van der Waals surface area contributed by atoms with Gasteiger partial charge < -0.3 is 9.47 Å². The van der Waals surface area contributed by atoms with Crippen molar-refractivity contribution in [1.82, 2.24) is 0 Å². The van der Waals surface area contributed by atoms with E-state index in [0.29, 0.717) is 5.57 Å². The number of benzene rings is 1. The molecule has 0 aromatic heterocycles. The summed E-state index contributed by atoms with van der Waals surface area (Å²) >= 11 is 0. The Morgan fingerprint density at radius 2 is 1.37 bits per heavy atom. The second-order valence-corrected chi connectivity index (χ2v) is 8.34. The van der Waals surface area contributed by atoms with Crippen LogP contribution in [0.3, 0.4) is 0 Å². The number of methoxy groups -OCH3 is 1. The molecule has 0 heterocycles. The zero-order chi connectivity index (χ0) is 21.9. The van der Waals surface area contributed by atoms with Crippen molar-refractivity contribution < 1.29 is 14.3 Å². The molecule has 0 bridgehead atoms. The monoisotopic (exact) mass is 416 g/mol. The van der Waals surface area contributed by atoms with Crippen molar-refractivity contribution in [2.75, 3.05) is 13.7 Å². The standard InChI is InChI=1S/C27H44O3/c1-4-5-6-7-8-9-10-11-12-13-14-15-16-17-21-30-26-20-18-19-25(23-26)22-24(2)27(28)29-3/h18-20,22-23H,4-17,21H2,1-3H3. The molecule has 0 radical (unpaired) electrons. The zero-order valence-corrected chi connectivity index (χ0v) is 19.7. The number of hydrogen-bond acceptors (Lipinski definition) is 3. The van der Waals surface area contributed by atoms with Crippen molar-refractivity contribution >= 4 is 12.0 Å². The highest BCUT2D eigenvalue weighted by Crippen LogP contribution is 2.17. The molecule has 1 rings (SSSR count). The molecule has 3 heteroatoms. The van der Waals surface area contributed by atoms with Crippen LogP contribution in [-0.4, -0.2) is 19.7 Å². The Balaban J connectivity index is 2.01. The van der Waals surface area contributed by atoms with Crippen LogP contribution < -0.4 is 4.74 Å². The minimum Gasteiger partial charge on any atom is -0.494 e. The maximum absolute atomic E-state index is 11.5. The zero-order valence-electron chi connectivity index (χ0n) is 19.7. The Hall–Kier alpha value is -1.77. The van der Waals surface area contributed by atoms with Crippen LogP contribution in [0.1, 0.15) is 109 Å². The highest BCUT2D eigenvalue weighted by Gasteiger charge is 2.03. The van der Waals surface area contributed by atoms with Gasteiger partial charge in [0.2, 0.25) is 0 Å². The quantitative estimate of drug-likeness (QED) is 0.138. The summed E-state index contributed by atoms with van der Waals surface area (Å²) in [7, 11) is 1.40. The lowest BCUT2D eigenvalue weighted by atomic mass is 10.0. The molecular weight excluding hydrogens is 372 g/mol. The minimum absolute atomic E-state index is 0.302. The molecule has 0 amide bonds. The summed E-state index contributed by atoms with van der Waals surface area (Å²) in [6.07, 6.45) is 20.9. The molecule has 1 aromatic carbocycles. The fourth-order valence-corrected chi connectivity index (χ4v) is 3.65. The smallest absolute Gasteiger partial charge is 0.333 e. The summed E-state index contributed by atoms with van der Waals surface area (Å²) in [5, 5.41) is 0. The summed E-state index contributed by atoms with van der Waals surface area (Å²) in [5.41, 5.74) is 1.54. The maximum Gasteiger partial charge on any atom is 0.333 e. The number of hydrogen-bond donors (Lipinski definition) is 0. The summed E-state index contributed by atoms with van der Waals surface area (Å²) in [4.78, 5) is 11.5. The van der Waals surface area contributed by atoms with Gasteiger partial charge in [0, 0.05) is 5.57 Å². The van der Waals surface area contributed by atoms with Crippen molar-refractivity contribution in [2.24, 2.45) is 0 Å². The molecule has 170 valence electrons. The van der Waals surface area contributed by atoms with Gasteiger partial charge in [0.1, 0.15) is 5.75 Å². The molecule has 0 saturated heterocycles. The van der Waals surface area contributed by atoms with Crippen LogP contribution in [0.4, 0.5) is 0 Å². The fourth-order valence-electron chi connectivity index (χ4n) is 3.65. The van der Waals surface area contributed by atoms with E-state index < -0.39 is 0 Å². The van der Waals surface area contributed by atoms with Crippen molar-refractivity contribution in [3.8, 4) is 5.75 Å². The molecule has 0 unspecified atom stereocenters. The molecule has 0 N–H and O–H groups in total. The van der Waals surface area contributed by atoms with Gasteiger partial charge in [-0.1, -0.05) is 103 Å². The molecule has 0 spiro atoms. The third-order valence-electron chi connectivity index (χ3n) is 5.52. The first-order valence-electron chi connectivity index (χ1n) is 12.2. The van der Waals surface area contributed by atoms with Crippen LogP contribution in [0, 0.1) is 0 Å². The highest BCUT2D eigenvalue weighted by atomic mass is 16.5. The third kappa shape index (κ3) is 13.5. The Morgan fingerprint density at radius 3 is 1.90 bits per heavy atom. The number of carbonyl (C=O) groups is 1. The van der Waals surface area contributed by atoms with Gasteiger partial charge in [-0.3, -0.25) is 0 Å². The lowest BCUT2D eigenvalue weighted by Crippen LogP contribution is -2.01. The van der Waals surface area contributed by atoms with Crippen molar-refractivity contribution in [3.63, 3.8) is 0 Å². The molecule has 0 atom stereocenters. The van der Waals surface area contributed by atoms with Crippen LogP contribution in [0.2, 0.25) is 0 Å². The molecule has 1 aromatic rings. The van der Waals surface area contributed by atoms with E-state index in [1.807, 2.05) is 30.3 Å². The summed E-state index contributed by atoms with van der Waals surface area (Å²) in [5.74, 6) is 0.555. The predicted octanol–water partition coefficient (Wildman–Crippen LogP) is 8.12. The van der Waals surface area contributed by atoms with Crippen LogP contribution in [0.5, 0.6) is 5.75 Å². The average molecular weight is 417 g/mol. The number of rotatable bonds is 18. The molecule has 0 aliphatic rings. The van der Waals surface area contributed by atoms with E-state index in [1.54, 1.807) is 6.92 Å². The summed E-state index contributed by atoms with van der Waals surface area (Å²) < 4.78 is 10.6. The Labute approximate surface area is 185 Å². The number of carbonyl (C=O) groups excluding carboxylic acids is 1. The largest absolute Gasteiger partial charge is 0.494 e. The second-order valence-electron chi connectivity index (χ2n) is 8.34. The normalized spacial score (nSPS) is 11.5. The lowest BCUT2D eigenvalue weighted by Gasteiger charge is -2.07. The van der Waals surface area contributed by atoms with E-state index in [9.17, 15) is 4.79 Å². The molecule has 30 heavy (non-hydrogen) atoms. The molecule has 0 saturated carbocycles. The van der Waals surface area contributed by atoms with Gasteiger partial charge in [-0.2, -0.15) is 0 Å². The van der Waals surface area contributed by atoms with E-state index in [4.69, 9.17) is 9.47 Å². The second kappa shape index (κ2) is 18.0. The van der Waals surface area contributed by atoms with Gasteiger partial charge in [-0.05, 0) is 37.1 Å². The SMILES string of the molecule is CCCCCCCCCCCCCCCCOc1cccc(C=C(C)C(=O)OC)c1. The van der Waals surface area contributed by atoms with Crippen molar-refractivity contribution in [3.05, 3.63) is 35.4 Å². The van der Waals surface area contributed by atoms with E-state index >= 15 is 0 Å². The minimum atomic E-state index is -0.302. The van der Waals surface area contributed by atoms with Gasteiger partial charge in [-0.25, -0.2) is 4.79 Å². The van der Waals surface area contributed by atoms with Crippen LogP contribution in [-0.2, 0) is 9.53 Å². The highest BCUT2D eigenvalue weighted by molar-refractivity contribution is 5.92. The Morgan fingerprint density at radius 1 is 0.833 bits per heavy atom. The Bertz CT molecular complexity index is 592. The number of esters is 1. The Kier molecular flexibility index (Phi) is 15.8. The first-order valence-corrected chi connectivity index (χ1v) is 12.2. The topological polar surface area (TPSA) is 35.5 Å². The fraction of sp³-hybridized carbons (Fsp3) is 0.667. The van der Waals surface area contributed by atoms with Gasteiger partial charge in [0.25, 0.3) is 0 Å². The van der Waals surface area contributed by atoms with Crippen LogP contribution >= 0.6 is 0 Å². The molecule has 0 fully saturated rings. The number of ether oxygens (including phenoxy) is 2. The van der Waals surface area contributed by atoms with E-state index in [2.05, 4.69) is 6.92 Å². The van der Waals surface area contributed by atoms with Crippen molar-refractivity contribution in [2.45, 2.75) is 104 Å². The summed E-state index contributed by atoms with van der Waals surface area (Å²) in [6, 6.07) is 7.85. The van der Waals surface area contributed by atoms with E-state index in [0.717, 1.165) is 24.3 Å². The third-order valence-corrected chi connectivity index (χ3v) is 5.52.